The summed E-state index contributed by atoms with van der Waals surface area (Å²) in [4.78, 5) is 4.94. The first-order chi connectivity index (χ1) is 19.7. The molecule has 1 aliphatic heterocycles. The van der Waals surface area contributed by atoms with Crippen molar-refractivity contribution in [2.24, 2.45) is 0 Å². The maximum Gasteiger partial charge on any atom is 0.330 e. The highest BCUT2D eigenvalue weighted by Gasteiger charge is 2.29. The van der Waals surface area contributed by atoms with Crippen LogP contribution >= 0.6 is 23.2 Å². The number of imidazole rings is 1. The zero-order valence-electron chi connectivity index (χ0n) is 22.5. The van der Waals surface area contributed by atoms with Crippen LogP contribution in [0.3, 0.4) is 0 Å². The van der Waals surface area contributed by atoms with Crippen LogP contribution in [0.2, 0.25) is 10.0 Å². The molecule has 0 amide bonds. The molecule has 1 aliphatic rings. The van der Waals surface area contributed by atoms with Crippen LogP contribution in [-0.4, -0.2) is 23.1 Å². The number of allylic oxidation sites excluding steroid dienone is 1. The second-order valence-corrected chi connectivity index (χ2v) is 12.2. The molecule has 5 rings (SSSR count). The fourth-order valence-corrected chi connectivity index (χ4v) is 6.19. The highest BCUT2D eigenvalue weighted by Crippen LogP contribution is 2.32. The second kappa shape index (κ2) is 12.4. The molecular weight excluding hydrogens is 579 g/mol. The Balaban J connectivity index is 1.49. The molecule has 212 valence electrons. The van der Waals surface area contributed by atoms with Gasteiger partial charge in [-0.25, -0.2) is 14.0 Å². The molecule has 0 radical (unpaired) electrons. The van der Waals surface area contributed by atoms with Crippen molar-refractivity contribution >= 4 is 45.2 Å². The van der Waals surface area contributed by atoms with Crippen LogP contribution in [0.1, 0.15) is 49.6 Å². The Kier molecular flexibility index (Phi) is 8.73. The molecule has 0 bridgehead atoms. The largest absolute Gasteiger partial charge is 0.493 e. The summed E-state index contributed by atoms with van der Waals surface area (Å²) in [6.45, 7) is 2.20. The lowest BCUT2D eigenvalue weighted by molar-refractivity contribution is 0.392. The number of hydrogen-bond donors (Lipinski definition) is 2. The summed E-state index contributed by atoms with van der Waals surface area (Å²) in [7, 11) is -3.93. The van der Waals surface area contributed by atoms with E-state index < -0.39 is 16.1 Å². The summed E-state index contributed by atoms with van der Waals surface area (Å²) in [5.41, 5.74) is 4.67. The highest BCUT2D eigenvalue weighted by atomic mass is 35.5. The molecule has 0 saturated heterocycles. The Morgan fingerprint density at radius 3 is 2.49 bits per heavy atom. The number of nitrogens with zero attached hydrogens (tertiary/aromatic N) is 3. The van der Waals surface area contributed by atoms with Gasteiger partial charge in [0.15, 0.2) is 0 Å². The van der Waals surface area contributed by atoms with Gasteiger partial charge in [0.25, 0.3) is 0 Å². The van der Waals surface area contributed by atoms with E-state index in [1.807, 2.05) is 22.9 Å². The third-order valence-corrected chi connectivity index (χ3v) is 8.56. The predicted octanol–water partition coefficient (Wildman–Crippen LogP) is 8.04. The molecule has 0 atom stereocenters. The van der Waals surface area contributed by atoms with Gasteiger partial charge in [0.05, 0.1) is 22.6 Å². The number of nitrogens with one attached hydrogen (secondary N) is 1. The zero-order chi connectivity index (χ0) is 29.0. The van der Waals surface area contributed by atoms with Gasteiger partial charge in [0.1, 0.15) is 5.82 Å². The van der Waals surface area contributed by atoms with Crippen molar-refractivity contribution in [3.8, 4) is 16.9 Å². The third kappa shape index (κ3) is 6.78. The molecule has 4 aromatic rings. The monoisotopic (exact) mass is 608 g/mol. The summed E-state index contributed by atoms with van der Waals surface area (Å²) in [5, 5.41) is 10.8. The van der Waals surface area contributed by atoms with Crippen LogP contribution in [0.15, 0.2) is 91.1 Å². The fraction of sp³-hybridized carbons (Fsp3) is 0.194. The number of anilines is 1. The summed E-state index contributed by atoms with van der Waals surface area (Å²) in [5.74, 6) is 0.296. The van der Waals surface area contributed by atoms with E-state index in [0.29, 0.717) is 33.5 Å². The van der Waals surface area contributed by atoms with Crippen molar-refractivity contribution in [3.05, 3.63) is 118 Å². The molecule has 0 spiro atoms. The van der Waals surface area contributed by atoms with Crippen LogP contribution in [0.4, 0.5) is 5.69 Å². The molecule has 0 unspecified atom stereocenters. The average molecular weight is 610 g/mol. The van der Waals surface area contributed by atoms with Crippen molar-refractivity contribution in [3.63, 3.8) is 0 Å². The van der Waals surface area contributed by atoms with E-state index in [1.165, 1.54) is 19.3 Å². The Morgan fingerprint density at radius 1 is 1.00 bits per heavy atom. The normalized spacial score (nSPS) is 14.4. The third-order valence-electron chi connectivity index (χ3n) is 6.71. The lowest BCUT2D eigenvalue weighted by Crippen LogP contribution is -2.29. The standard InChI is InChI=1S/C31H30Cl2N4O3S/c1-2-3-4-5-6-8-22-11-13-23(14-12-22)17-30-34-29(27-16-15-24(32)18-28(27)33)20-36(30)25-9-7-10-26(19-25)37-21-31(38)35-41(37,39)40/h6-16,18-21,35,38H,2-5,17H2,1H3. The topological polar surface area (TPSA) is 87.5 Å². The van der Waals surface area contributed by atoms with Crippen LogP contribution in [0.25, 0.3) is 23.0 Å². The minimum absolute atomic E-state index is 0.361. The molecule has 0 saturated carbocycles. The van der Waals surface area contributed by atoms with Crippen LogP contribution in [0, 0.1) is 0 Å². The number of aliphatic hydroxyl groups excluding tert-OH is 1. The van der Waals surface area contributed by atoms with Gasteiger partial charge in [0, 0.05) is 28.9 Å². The first kappa shape index (κ1) is 28.8. The molecule has 1 aromatic heterocycles. The van der Waals surface area contributed by atoms with Crippen molar-refractivity contribution in [2.75, 3.05) is 4.31 Å². The number of hydrogen-bond acceptors (Lipinski definition) is 4. The van der Waals surface area contributed by atoms with Crippen molar-refractivity contribution in [1.29, 1.82) is 0 Å². The van der Waals surface area contributed by atoms with Gasteiger partial charge in [-0.3, -0.25) is 0 Å². The first-order valence-electron chi connectivity index (χ1n) is 13.4. The van der Waals surface area contributed by atoms with Gasteiger partial charge in [0.2, 0.25) is 5.88 Å². The number of benzene rings is 3. The Hall–Kier alpha value is -3.72. The summed E-state index contributed by atoms with van der Waals surface area (Å²) >= 11 is 12.7. The summed E-state index contributed by atoms with van der Waals surface area (Å²) in [6.07, 6.45) is 12.6. The smallest absolute Gasteiger partial charge is 0.330 e. The van der Waals surface area contributed by atoms with E-state index in [4.69, 9.17) is 28.2 Å². The summed E-state index contributed by atoms with van der Waals surface area (Å²) in [6, 6.07) is 20.6. The minimum Gasteiger partial charge on any atom is -0.493 e. The molecule has 0 aliphatic carbocycles. The van der Waals surface area contributed by atoms with Crippen molar-refractivity contribution in [2.45, 2.75) is 39.0 Å². The van der Waals surface area contributed by atoms with E-state index in [0.717, 1.165) is 39.4 Å². The van der Waals surface area contributed by atoms with Gasteiger partial charge in [-0.1, -0.05) is 85.5 Å². The molecule has 10 heteroatoms. The molecule has 0 fully saturated rings. The quantitative estimate of drug-likeness (QED) is 0.178. The Morgan fingerprint density at radius 2 is 1.78 bits per heavy atom. The van der Waals surface area contributed by atoms with Gasteiger partial charge in [-0.05, 0) is 60.4 Å². The molecule has 41 heavy (non-hydrogen) atoms. The number of aromatic nitrogens is 2. The molecule has 2 N–H and O–H groups in total. The molecular formula is C31H30Cl2N4O3S. The molecule has 3 aromatic carbocycles. The van der Waals surface area contributed by atoms with E-state index >= 15 is 0 Å². The van der Waals surface area contributed by atoms with E-state index in [-0.39, 0.29) is 0 Å². The number of aliphatic hydroxyl groups is 1. The SMILES string of the molecule is CCCCCC=Cc1ccc(Cc2nc(-c3ccc(Cl)cc3Cl)cn2-c2cccc(N3C=C(O)NS3(=O)=O)c2)cc1. The minimum atomic E-state index is -3.93. The van der Waals surface area contributed by atoms with Gasteiger partial charge in [-0.2, -0.15) is 8.42 Å². The molecule has 2 heterocycles. The van der Waals surface area contributed by atoms with Gasteiger partial charge >= 0.3 is 10.2 Å². The number of halogens is 2. The van der Waals surface area contributed by atoms with Crippen LogP contribution in [-0.2, 0) is 16.6 Å². The lowest BCUT2D eigenvalue weighted by Gasteiger charge is -2.16. The Labute approximate surface area is 250 Å². The maximum atomic E-state index is 12.5. The zero-order valence-corrected chi connectivity index (χ0v) is 24.8. The maximum absolute atomic E-state index is 12.5. The number of unbranched alkanes of at least 4 members (excludes halogenated alkanes) is 3. The predicted molar refractivity (Wildman–Crippen MR) is 167 cm³/mol. The Bertz CT molecular complexity index is 1710. The average Bonchev–Trinajstić information content (AvgIpc) is 3.48. The molecule has 7 nitrogen and oxygen atoms in total. The van der Waals surface area contributed by atoms with Crippen molar-refractivity contribution < 1.29 is 13.5 Å². The fourth-order valence-electron chi connectivity index (χ4n) is 4.64. The van der Waals surface area contributed by atoms with Crippen LogP contribution < -0.4 is 9.03 Å². The first-order valence-corrected chi connectivity index (χ1v) is 15.6. The van der Waals surface area contributed by atoms with E-state index in [9.17, 15) is 13.5 Å². The number of rotatable bonds is 10. The lowest BCUT2D eigenvalue weighted by atomic mass is 10.1. The van der Waals surface area contributed by atoms with Gasteiger partial charge < -0.3 is 9.67 Å². The second-order valence-electron chi connectivity index (χ2n) is 9.79. The van der Waals surface area contributed by atoms with E-state index in [1.54, 1.807) is 30.3 Å². The summed E-state index contributed by atoms with van der Waals surface area (Å²) < 4.78 is 29.9. The van der Waals surface area contributed by atoms with E-state index in [2.05, 4.69) is 48.1 Å². The van der Waals surface area contributed by atoms with Crippen molar-refractivity contribution in [1.82, 2.24) is 14.3 Å². The van der Waals surface area contributed by atoms with Gasteiger partial charge in [-0.15, -0.1) is 0 Å². The highest BCUT2D eigenvalue weighted by molar-refractivity contribution is 7.91. The van der Waals surface area contributed by atoms with Crippen LogP contribution in [0.5, 0.6) is 0 Å².